The summed E-state index contributed by atoms with van der Waals surface area (Å²) < 4.78 is 9.65. The van der Waals surface area contributed by atoms with Crippen molar-refractivity contribution in [2.45, 2.75) is 38.8 Å². The molecular weight excluding hydrogens is 312 g/mol. The maximum Gasteiger partial charge on any atom is 0.258 e. The highest BCUT2D eigenvalue weighted by molar-refractivity contribution is 7.09. The number of nitrogens with zero attached hydrogens (tertiary/aromatic N) is 2. The average molecular weight is 332 g/mol. The fraction of sp³-hybridized carbons (Fsp3) is 0.438. The van der Waals surface area contributed by atoms with Crippen molar-refractivity contribution in [1.29, 1.82) is 0 Å². The summed E-state index contributed by atoms with van der Waals surface area (Å²) in [5, 5.41) is 7.03. The number of aromatic nitrogens is 2. The first-order chi connectivity index (χ1) is 11.1. The SMILES string of the molecule is Cc1nsc(N[C@H](C)c2ccc(OCC(=O)NC3CC3)cc2)n1. The van der Waals surface area contributed by atoms with Gasteiger partial charge >= 0.3 is 0 Å². The van der Waals surface area contributed by atoms with Gasteiger partial charge in [-0.1, -0.05) is 12.1 Å². The summed E-state index contributed by atoms with van der Waals surface area (Å²) in [5.74, 6) is 1.41. The fourth-order valence-electron chi connectivity index (χ4n) is 2.12. The number of ether oxygens (including phenoxy) is 1. The van der Waals surface area contributed by atoms with Crippen molar-refractivity contribution in [3.8, 4) is 5.75 Å². The Balaban J connectivity index is 1.50. The Labute approximate surface area is 139 Å². The normalized spacial score (nSPS) is 15.0. The summed E-state index contributed by atoms with van der Waals surface area (Å²) in [7, 11) is 0. The van der Waals surface area contributed by atoms with E-state index in [4.69, 9.17) is 4.74 Å². The van der Waals surface area contributed by atoms with Gasteiger partial charge in [-0.15, -0.1) is 0 Å². The molecule has 3 rings (SSSR count). The molecule has 7 heteroatoms. The zero-order chi connectivity index (χ0) is 16.2. The lowest BCUT2D eigenvalue weighted by molar-refractivity contribution is -0.123. The Morgan fingerprint density at radius 1 is 1.39 bits per heavy atom. The third kappa shape index (κ3) is 4.66. The van der Waals surface area contributed by atoms with Gasteiger partial charge in [0.15, 0.2) is 6.61 Å². The molecule has 1 aromatic carbocycles. The van der Waals surface area contributed by atoms with E-state index < -0.39 is 0 Å². The number of amides is 1. The highest BCUT2D eigenvalue weighted by Crippen LogP contribution is 2.23. The number of anilines is 1. The Morgan fingerprint density at radius 3 is 2.74 bits per heavy atom. The first kappa shape index (κ1) is 15.7. The van der Waals surface area contributed by atoms with Gasteiger partial charge in [0.25, 0.3) is 5.91 Å². The van der Waals surface area contributed by atoms with Crippen molar-refractivity contribution in [3.05, 3.63) is 35.7 Å². The maximum atomic E-state index is 11.6. The first-order valence-corrected chi connectivity index (χ1v) is 8.46. The standard InChI is InChI=1S/C16H20N4O2S/c1-10(17-16-18-11(2)20-23-16)12-3-7-14(8-4-12)22-9-15(21)19-13-5-6-13/h3-4,7-8,10,13H,5-6,9H2,1-2H3,(H,19,21)(H,17,18,20)/t10-/m1/s1. The van der Waals surface area contributed by atoms with Crippen LogP contribution >= 0.6 is 11.5 Å². The van der Waals surface area contributed by atoms with Crippen LogP contribution in [0.25, 0.3) is 0 Å². The molecule has 1 aromatic heterocycles. The molecule has 2 aromatic rings. The fourth-order valence-corrected chi connectivity index (χ4v) is 2.78. The van der Waals surface area contributed by atoms with Crippen LogP contribution in [0.1, 0.15) is 37.2 Å². The number of rotatable bonds is 7. The smallest absolute Gasteiger partial charge is 0.258 e. The van der Waals surface area contributed by atoms with E-state index in [2.05, 4.69) is 26.9 Å². The quantitative estimate of drug-likeness (QED) is 0.815. The van der Waals surface area contributed by atoms with Crippen molar-refractivity contribution in [2.75, 3.05) is 11.9 Å². The van der Waals surface area contributed by atoms with E-state index in [1.807, 2.05) is 31.2 Å². The molecule has 1 heterocycles. The molecule has 122 valence electrons. The lowest BCUT2D eigenvalue weighted by Gasteiger charge is -2.14. The van der Waals surface area contributed by atoms with E-state index in [-0.39, 0.29) is 18.6 Å². The van der Waals surface area contributed by atoms with Gasteiger partial charge in [-0.3, -0.25) is 4.79 Å². The van der Waals surface area contributed by atoms with Crippen molar-refractivity contribution >= 4 is 22.6 Å². The van der Waals surface area contributed by atoms with Crippen molar-refractivity contribution in [1.82, 2.24) is 14.7 Å². The average Bonchev–Trinajstić information content (AvgIpc) is 3.26. The van der Waals surface area contributed by atoms with Crippen molar-refractivity contribution in [3.63, 3.8) is 0 Å². The van der Waals surface area contributed by atoms with Gasteiger partial charge in [-0.2, -0.15) is 4.37 Å². The number of nitrogens with one attached hydrogen (secondary N) is 2. The number of hydrogen-bond donors (Lipinski definition) is 2. The lowest BCUT2D eigenvalue weighted by atomic mass is 10.1. The highest BCUT2D eigenvalue weighted by Gasteiger charge is 2.23. The van der Waals surface area contributed by atoms with Crippen LogP contribution in [0.3, 0.4) is 0 Å². The third-order valence-corrected chi connectivity index (χ3v) is 4.30. The molecule has 0 radical (unpaired) electrons. The molecule has 0 spiro atoms. The molecule has 1 aliphatic carbocycles. The zero-order valence-corrected chi connectivity index (χ0v) is 14.0. The summed E-state index contributed by atoms with van der Waals surface area (Å²) in [5.41, 5.74) is 1.12. The molecule has 1 saturated carbocycles. The molecule has 0 aliphatic heterocycles. The van der Waals surface area contributed by atoms with Gasteiger partial charge < -0.3 is 15.4 Å². The number of carbonyl (C=O) groups is 1. The van der Waals surface area contributed by atoms with Crippen LogP contribution < -0.4 is 15.4 Å². The summed E-state index contributed by atoms with van der Waals surface area (Å²) >= 11 is 1.36. The second-order valence-corrected chi connectivity index (χ2v) is 6.46. The minimum atomic E-state index is -0.0572. The minimum Gasteiger partial charge on any atom is -0.484 e. The number of benzene rings is 1. The van der Waals surface area contributed by atoms with E-state index in [0.29, 0.717) is 11.8 Å². The third-order valence-electron chi connectivity index (χ3n) is 3.56. The molecular formula is C16H20N4O2S. The molecule has 0 bridgehead atoms. The number of hydrogen-bond acceptors (Lipinski definition) is 6. The van der Waals surface area contributed by atoms with Crippen LogP contribution in [-0.2, 0) is 4.79 Å². The van der Waals surface area contributed by atoms with Crippen molar-refractivity contribution < 1.29 is 9.53 Å². The second-order valence-electron chi connectivity index (χ2n) is 5.71. The Bertz CT molecular complexity index is 667. The molecule has 1 fully saturated rings. The molecule has 2 N–H and O–H groups in total. The Morgan fingerprint density at radius 2 is 2.13 bits per heavy atom. The summed E-state index contributed by atoms with van der Waals surface area (Å²) in [6.45, 7) is 4.00. The number of carbonyl (C=O) groups excluding carboxylic acids is 1. The van der Waals surface area contributed by atoms with E-state index in [1.54, 1.807) is 0 Å². The van der Waals surface area contributed by atoms with Gasteiger partial charge in [0.2, 0.25) is 5.13 Å². The second kappa shape index (κ2) is 6.95. The lowest BCUT2D eigenvalue weighted by Crippen LogP contribution is -2.30. The topological polar surface area (TPSA) is 76.1 Å². The molecule has 1 aliphatic rings. The van der Waals surface area contributed by atoms with Gasteiger partial charge in [-0.05, 0) is 44.4 Å². The summed E-state index contributed by atoms with van der Waals surface area (Å²) in [6.07, 6.45) is 2.17. The van der Waals surface area contributed by atoms with E-state index in [9.17, 15) is 4.79 Å². The first-order valence-electron chi connectivity index (χ1n) is 7.69. The largest absolute Gasteiger partial charge is 0.484 e. The highest BCUT2D eigenvalue weighted by atomic mass is 32.1. The van der Waals surface area contributed by atoms with Crippen LogP contribution in [-0.4, -0.2) is 27.9 Å². The Hall–Kier alpha value is -2.15. The van der Waals surface area contributed by atoms with Crippen LogP contribution in [0, 0.1) is 6.92 Å². The molecule has 1 amide bonds. The van der Waals surface area contributed by atoms with E-state index >= 15 is 0 Å². The van der Waals surface area contributed by atoms with Crippen LogP contribution in [0.4, 0.5) is 5.13 Å². The zero-order valence-electron chi connectivity index (χ0n) is 13.2. The van der Waals surface area contributed by atoms with E-state index in [1.165, 1.54) is 11.5 Å². The van der Waals surface area contributed by atoms with Gasteiger partial charge in [0, 0.05) is 17.6 Å². The molecule has 0 saturated heterocycles. The van der Waals surface area contributed by atoms with E-state index in [0.717, 1.165) is 29.4 Å². The van der Waals surface area contributed by atoms with Gasteiger partial charge in [0.1, 0.15) is 11.6 Å². The molecule has 23 heavy (non-hydrogen) atoms. The number of aryl methyl sites for hydroxylation is 1. The summed E-state index contributed by atoms with van der Waals surface area (Å²) in [4.78, 5) is 15.9. The minimum absolute atomic E-state index is 0.0572. The molecule has 6 nitrogen and oxygen atoms in total. The van der Waals surface area contributed by atoms with Crippen LogP contribution in [0.5, 0.6) is 5.75 Å². The monoisotopic (exact) mass is 332 g/mol. The van der Waals surface area contributed by atoms with Gasteiger partial charge in [0.05, 0.1) is 6.04 Å². The van der Waals surface area contributed by atoms with Crippen LogP contribution in [0.15, 0.2) is 24.3 Å². The predicted octanol–water partition coefficient (Wildman–Crippen LogP) is 2.68. The molecule has 0 unspecified atom stereocenters. The van der Waals surface area contributed by atoms with Gasteiger partial charge in [-0.25, -0.2) is 4.98 Å². The van der Waals surface area contributed by atoms with Crippen molar-refractivity contribution in [2.24, 2.45) is 0 Å². The maximum absolute atomic E-state index is 11.6. The van der Waals surface area contributed by atoms with Crippen LogP contribution in [0.2, 0.25) is 0 Å². The Kier molecular flexibility index (Phi) is 4.76. The molecule has 1 atom stereocenters. The summed E-state index contributed by atoms with van der Waals surface area (Å²) in [6, 6.07) is 8.21. The predicted molar refractivity (Wildman–Crippen MR) is 89.8 cm³/mol.